The van der Waals surface area contributed by atoms with Crippen LogP contribution in [0.5, 0.6) is 11.5 Å². The van der Waals surface area contributed by atoms with Gasteiger partial charge in [0.25, 0.3) is 0 Å². The molecule has 1 N–H and O–H groups in total. The van der Waals surface area contributed by atoms with Crippen LogP contribution in [0.2, 0.25) is 0 Å². The molecule has 1 aliphatic heterocycles. The number of fused-ring (bicyclic) bond motifs is 1. The predicted molar refractivity (Wildman–Crippen MR) is 83.6 cm³/mol. The first kappa shape index (κ1) is 13.3. The van der Waals surface area contributed by atoms with Crippen LogP contribution in [0.15, 0.2) is 46.9 Å². The van der Waals surface area contributed by atoms with E-state index in [-0.39, 0.29) is 6.10 Å². The molecular formula is C16H16BrNO2. The number of halogens is 1. The van der Waals surface area contributed by atoms with Crippen molar-refractivity contribution < 1.29 is 9.47 Å². The molecule has 0 spiro atoms. The van der Waals surface area contributed by atoms with E-state index in [4.69, 9.17) is 9.47 Å². The Hall–Kier alpha value is -1.68. The highest BCUT2D eigenvalue weighted by molar-refractivity contribution is 9.10. The third kappa shape index (κ3) is 2.75. The molecule has 0 aromatic heterocycles. The Kier molecular flexibility index (Phi) is 3.83. The second-order valence-corrected chi connectivity index (χ2v) is 5.55. The molecule has 0 bridgehead atoms. The Balaban J connectivity index is 1.77. The van der Waals surface area contributed by atoms with E-state index in [9.17, 15) is 0 Å². The molecule has 4 heteroatoms. The van der Waals surface area contributed by atoms with Crippen LogP contribution < -0.4 is 14.8 Å². The molecule has 20 heavy (non-hydrogen) atoms. The molecule has 0 amide bonds. The third-order valence-corrected chi connectivity index (χ3v) is 3.74. The summed E-state index contributed by atoms with van der Waals surface area (Å²) in [6.07, 6.45) is 0.0272. The minimum absolute atomic E-state index is 0.0272. The molecule has 3 nitrogen and oxygen atoms in total. The van der Waals surface area contributed by atoms with Gasteiger partial charge in [-0.15, -0.1) is 0 Å². The Morgan fingerprint density at radius 3 is 2.80 bits per heavy atom. The summed E-state index contributed by atoms with van der Waals surface area (Å²) in [6, 6.07) is 14.1. The van der Waals surface area contributed by atoms with Crippen LogP contribution in [0, 0.1) is 0 Å². The minimum atomic E-state index is 0.0272. The second-order valence-electron chi connectivity index (χ2n) is 4.63. The van der Waals surface area contributed by atoms with E-state index in [0.717, 1.165) is 33.8 Å². The van der Waals surface area contributed by atoms with E-state index >= 15 is 0 Å². The number of hydrogen-bond acceptors (Lipinski definition) is 3. The van der Waals surface area contributed by atoms with Crippen LogP contribution in [0.3, 0.4) is 0 Å². The summed E-state index contributed by atoms with van der Waals surface area (Å²) < 4.78 is 12.6. The van der Waals surface area contributed by atoms with Gasteiger partial charge in [0.1, 0.15) is 17.6 Å². The van der Waals surface area contributed by atoms with E-state index in [1.54, 1.807) is 0 Å². The van der Waals surface area contributed by atoms with Crippen LogP contribution in [0.4, 0.5) is 5.69 Å². The Morgan fingerprint density at radius 2 is 2.05 bits per heavy atom. The van der Waals surface area contributed by atoms with Crippen molar-refractivity contribution in [1.29, 1.82) is 0 Å². The topological polar surface area (TPSA) is 30.5 Å². The molecule has 0 radical (unpaired) electrons. The van der Waals surface area contributed by atoms with Gasteiger partial charge in [0.2, 0.25) is 0 Å². The highest BCUT2D eigenvalue weighted by atomic mass is 79.9. The predicted octanol–water partition coefficient (Wildman–Crippen LogP) is 4.39. The molecular weight excluding hydrogens is 318 g/mol. The van der Waals surface area contributed by atoms with Crippen molar-refractivity contribution in [2.75, 3.05) is 18.5 Å². The molecule has 0 saturated heterocycles. The fourth-order valence-electron chi connectivity index (χ4n) is 2.27. The van der Waals surface area contributed by atoms with Gasteiger partial charge in [-0.2, -0.15) is 0 Å². The van der Waals surface area contributed by atoms with Gasteiger partial charge in [-0.25, -0.2) is 0 Å². The largest absolute Gasteiger partial charge is 0.494 e. The lowest BCUT2D eigenvalue weighted by Gasteiger charge is -2.28. The van der Waals surface area contributed by atoms with Crippen LogP contribution in [0.1, 0.15) is 18.6 Å². The van der Waals surface area contributed by atoms with Gasteiger partial charge in [0.15, 0.2) is 0 Å². The molecule has 1 unspecified atom stereocenters. The van der Waals surface area contributed by atoms with Crippen LogP contribution in [0.25, 0.3) is 0 Å². The van der Waals surface area contributed by atoms with Crippen LogP contribution in [-0.2, 0) is 0 Å². The molecule has 2 aromatic rings. The van der Waals surface area contributed by atoms with Crippen molar-refractivity contribution in [1.82, 2.24) is 0 Å². The molecule has 104 valence electrons. The molecule has 0 saturated carbocycles. The first-order valence-electron chi connectivity index (χ1n) is 6.69. The standard InChI is InChI=1S/C16H16BrNO2/c1-2-19-13-6-3-11(4-7-13)16-10-18-14-9-12(17)5-8-15(14)20-16/h3-9,16,18H,2,10H2,1H3. The third-order valence-electron chi connectivity index (χ3n) is 3.25. The smallest absolute Gasteiger partial charge is 0.143 e. The van der Waals surface area contributed by atoms with E-state index in [2.05, 4.69) is 33.4 Å². The summed E-state index contributed by atoms with van der Waals surface area (Å²) >= 11 is 3.46. The summed E-state index contributed by atoms with van der Waals surface area (Å²) in [7, 11) is 0. The van der Waals surface area contributed by atoms with Crippen molar-refractivity contribution in [3.05, 3.63) is 52.5 Å². The van der Waals surface area contributed by atoms with Gasteiger partial charge in [-0.1, -0.05) is 28.1 Å². The van der Waals surface area contributed by atoms with Gasteiger partial charge in [-0.05, 0) is 42.8 Å². The maximum atomic E-state index is 6.05. The first-order valence-corrected chi connectivity index (χ1v) is 7.48. The maximum Gasteiger partial charge on any atom is 0.143 e. The minimum Gasteiger partial charge on any atom is -0.494 e. The summed E-state index contributed by atoms with van der Waals surface area (Å²) in [4.78, 5) is 0. The number of anilines is 1. The monoisotopic (exact) mass is 333 g/mol. The summed E-state index contributed by atoms with van der Waals surface area (Å²) in [5.74, 6) is 1.78. The molecule has 1 heterocycles. The molecule has 0 aliphatic carbocycles. The Labute approximate surface area is 127 Å². The number of ether oxygens (including phenoxy) is 2. The van der Waals surface area contributed by atoms with Gasteiger partial charge in [-0.3, -0.25) is 0 Å². The lowest BCUT2D eigenvalue weighted by molar-refractivity contribution is 0.210. The first-order chi connectivity index (χ1) is 9.76. The van der Waals surface area contributed by atoms with Crippen molar-refractivity contribution in [2.45, 2.75) is 13.0 Å². The lowest BCUT2D eigenvalue weighted by atomic mass is 10.1. The Morgan fingerprint density at radius 1 is 1.25 bits per heavy atom. The number of nitrogens with one attached hydrogen (secondary N) is 1. The fraction of sp³-hybridized carbons (Fsp3) is 0.250. The van der Waals surface area contributed by atoms with Gasteiger partial charge in [0, 0.05) is 4.47 Å². The second kappa shape index (κ2) is 5.75. The molecule has 1 atom stereocenters. The zero-order chi connectivity index (χ0) is 13.9. The van der Waals surface area contributed by atoms with Crippen LogP contribution in [-0.4, -0.2) is 13.2 Å². The maximum absolute atomic E-state index is 6.05. The van der Waals surface area contributed by atoms with Gasteiger partial charge < -0.3 is 14.8 Å². The normalized spacial score (nSPS) is 16.8. The summed E-state index contributed by atoms with van der Waals surface area (Å²) in [5.41, 5.74) is 2.18. The highest BCUT2D eigenvalue weighted by Crippen LogP contribution is 2.36. The van der Waals surface area contributed by atoms with Crippen molar-refractivity contribution in [3.8, 4) is 11.5 Å². The highest BCUT2D eigenvalue weighted by Gasteiger charge is 2.20. The fourth-order valence-corrected chi connectivity index (χ4v) is 2.63. The van der Waals surface area contributed by atoms with E-state index in [0.29, 0.717) is 6.61 Å². The Bertz CT molecular complexity index is 598. The zero-order valence-corrected chi connectivity index (χ0v) is 12.8. The van der Waals surface area contributed by atoms with Gasteiger partial charge >= 0.3 is 0 Å². The zero-order valence-electron chi connectivity index (χ0n) is 11.2. The van der Waals surface area contributed by atoms with Crippen LogP contribution >= 0.6 is 15.9 Å². The number of hydrogen-bond donors (Lipinski definition) is 1. The SMILES string of the molecule is CCOc1ccc(C2CNc3cc(Br)ccc3O2)cc1. The summed E-state index contributed by atoms with van der Waals surface area (Å²) in [6.45, 7) is 3.43. The number of rotatable bonds is 3. The van der Waals surface area contributed by atoms with Gasteiger partial charge in [0.05, 0.1) is 18.8 Å². The van der Waals surface area contributed by atoms with Crippen molar-refractivity contribution >= 4 is 21.6 Å². The average molecular weight is 334 g/mol. The average Bonchev–Trinajstić information content (AvgIpc) is 2.48. The van der Waals surface area contributed by atoms with E-state index in [1.807, 2.05) is 37.3 Å². The molecule has 0 fully saturated rings. The molecule has 2 aromatic carbocycles. The van der Waals surface area contributed by atoms with E-state index in [1.165, 1.54) is 0 Å². The summed E-state index contributed by atoms with van der Waals surface area (Å²) in [5, 5.41) is 3.41. The molecule has 3 rings (SSSR count). The van der Waals surface area contributed by atoms with E-state index < -0.39 is 0 Å². The number of benzene rings is 2. The quantitative estimate of drug-likeness (QED) is 0.903. The lowest BCUT2D eigenvalue weighted by Crippen LogP contribution is -2.23. The van der Waals surface area contributed by atoms with Crippen molar-refractivity contribution in [2.24, 2.45) is 0 Å². The molecule has 1 aliphatic rings. The van der Waals surface area contributed by atoms with Crippen molar-refractivity contribution in [3.63, 3.8) is 0 Å².